The Labute approximate surface area is 102 Å². The Morgan fingerprint density at radius 3 is 1.88 bits per heavy atom. The van der Waals surface area contributed by atoms with E-state index < -0.39 is 0 Å². The maximum Gasteiger partial charge on any atom is 0.159 e. The lowest BCUT2D eigenvalue weighted by Crippen LogP contribution is -1.97. The number of hydrogen-bond donors (Lipinski definition) is 0. The van der Waals surface area contributed by atoms with Crippen molar-refractivity contribution in [1.29, 1.82) is 0 Å². The predicted molar refractivity (Wildman–Crippen MR) is 72.9 cm³/mol. The molecule has 2 rings (SSSR count). The van der Waals surface area contributed by atoms with E-state index >= 15 is 0 Å². The van der Waals surface area contributed by atoms with Crippen LogP contribution < -0.4 is 0 Å². The molecule has 0 aliphatic carbocycles. The number of Topliss-reactive ketones (excluding diaryl/α,β-unsaturated/α-hetero) is 1. The second-order valence-corrected chi connectivity index (χ2v) is 4.82. The normalized spacial score (nSPS) is 10.9. The molecule has 1 nitrogen and oxygen atoms in total. The maximum atomic E-state index is 11.4. The van der Waals surface area contributed by atoms with Gasteiger partial charge in [0.2, 0.25) is 0 Å². The first-order valence-corrected chi connectivity index (χ1v) is 5.94. The molecule has 88 valence electrons. The number of carbonyl (C=O) groups excluding carboxylic acids is 1. The Hall–Kier alpha value is -1.63. The van der Waals surface area contributed by atoms with Gasteiger partial charge in [0.1, 0.15) is 0 Å². The van der Waals surface area contributed by atoms with Crippen molar-refractivity contribution in [2.45, 2.75) is 34.6 Å². The van der Waals surface area contributed by atoms with Crippen LogP contribution in [0.25, 0.3) is 10.8 Å². The minimum Gasteiger partial charge on any atom is -0.295 e. The Bertz CT molecular complexity index is 621. The number of hydrogen-bond acceptors (Lipinski definition) is 1. The summed E-state index contributed by atoms with van der Waals surface area (Å²) in [4.78, 5) is 11.4. The van der Waals surface area contributed by atoms with Crippen molar-refractivity contribution in [2.24, 2.45) is 0 Å². The van der Waals surface area contributed by atoms with E-state index in [1.165, 1.54) is 33.0 Å². The number of benzene rings is 2. The van der Waals surface area contributed by atoms with Crippen molar-refractivity contribution in [2.75, 3.05) is 0 Å². The molecule has 0 radical (unpaired) electrons. The molecule has 0 fully saturated rings. The van der Waals surface area contributed by atoms with Gasteiger partial charge in [-0.2, -0.15) is 0 Å². The van der Waals surface area contributed by atoms with Crippen LogP contribution in [0.1, 0.15) is 39.5 Å². The Kier molecular flexibility index (Phi) is 2.78. The Morgan fingerprint density at radius 2 is 1.35 bits per heavy atom. The van der Waals surface area contributed by atoms with Crippen LogP contribution in [0.5, 0.6) is 0 Å². The lowest BCUT2D eigenvalue weighted by molar-refractivity contribution is 0.101. The van der Waals surface area contributed by atoms with Crippen molar-refractivity contribution in [1.82, 2.24) is 0 Å². The van der Waals surface area contributed by atoms with Crippen LogP contribution in [0.15, 0.2) is 18.2 Å². The van der Waals surface area contributed by atoms with Gasteiger partial charge in [0.25, 0.3) is 0 Å². The summed E-state index contributed by atoms with van der Waals surface area (Å²) in [6.07, 6.45) is 0. The lowest BCUT2D eigenvalue weighted by atomic mass is 9.90. The first kappa shape index (κ1) is 11.8. The second kappa shape index (κ2) is 3.99. The van der Waals surface area contributed by atoms with Crippen LogP contribution in [-0.2, 0) is 0 Å². The van der Waals surface area contributed by atoms with Crippen LogP contribution in [0.2, 0.25) is 0 Å². The number of carbonyl (C=O) groups is 1. The molecule has 0 bridgehead atoms. The molecule has 17 heavy (non-hydrogen) atoms. The molecule has 0 spiro atoms. The third-order valence-electron chi connectivity index (χ3n) is 3.92. The molecule has 0 unspecified atom stereocenters. The standard InChI is InChI=1S/C16H18O/c1-9-10(2)12(4)16-8-14(13(5)17)6-7-15(16)11(9)3/h6-8H,1-5H3. The summed E-state index contributed by atoms with van der Waals surface area (Å²) in [5.74, 6) is 0.127. The van der Waals surface area contributed by atoms with Crippen LogP contribution >= 0.6 is 0 Å². The molecule has 0 aliphatic rings. The largest absolute Gasteiger partial charge is 0.295 e. The van der Waals surface area contributed by atoms with Gasteiger partial charge in [0, 0.05) is 5.56 Å². The third-order valence-corrected chi connectivity index (χ3v) is 3.92. The number of rotatable bonds is 1. The van der Waals surface area contributed by atoms with E-state index in [1.54, 1.807) is 6.92 Å². The fourth-order valence-corrected chi connectivity index (χ4v) is 2.37. The highest BCUT2D eigenvalue weighted by atomic mass is 16.1. The van der Waals surface area contributed by atoms with E-state index in [0.29, 0.717) is 0 Å². The third kappa shape index (κ3) is 1.76. The molecule has 0 saturated heterocycles. The van der Waals surface area contributed by atoms with Gasteiger partial charge in [-0.25, -0.2) is 0 Å². The average Bonchev–Trinajstić information content (AvgIpc) is 2.32. The molecule has 1 heteroatoms. The molecule has 0 amide bonds. The van der Waals surface area contributed by atoms with E-state index in [1.807, 2.05) is 12.1 Å². The van der Waals surface area contributed by atoms with Gasteiger partial charge in [-0.05, 0) is 73.7 Å². The van der Waals surface area contributed by atoms with Crippen LogP contribution in [0.4, 0.5) is 0 Å². The van der Waals surface area contributed by atoms with Gasteiger partial charge < -0.3 is 0 Å². The van der Waals surface area contributed by atoms with E-state index in [-0.39, 0.29) is 5.78 Å². The highest BCUT2D eigenvalue weighted by Crippen LogP contribution is 2.29. The summed E-state index contributed by atoms with van der Waals surface area (Å²) in [5.41, 5.74) is 6.08. The number of aryl methyl sites for hydroxylation is 2. The van der Waals surface area contributed by atoms with Gasteiger partial charge in [0.05, 0.1) is 0 Å². The Balaban J connectivity index is 2.91. The quantitative estimate of drug-likeness (QED) is 0.663. The van der Waals surface area contributed by atoms with E-state index in [2.05, 4.69) is 33.8 Å². The first-order chi connectivity index (χ1) is 7.93. The smallest absolute Gasteiger partial charge is 0.159 e. The van der Waals surface area contributed by atoms with Gasteiger partial charge in [-0.3, -0.25) is 4.79 Å². The summed E-state index contributed by atoms with van der Waals surface area (Å²) >= 11 is 0. The number of ketones is 1. The molecule has 0 saturated carbocycles. The molecule has 2 aromatic rings. The fourth-order valence-electron chi connectivity index (χ4n) is 2.37. The molecule has 0 aliphatic heterocycles. The summed E-state index contributed by atoms with van der Waals surface area (Å²) in [6.45, 7) is 10.2. The zero-order valence-corrected chi connectivity index (χ0v) is 11.1. The topological polar surface area (TPSA) is 17.1 Å². The zero-order valence-electron chi connectivity index (χ0n) is 11.1. The van der Waals surface area contributed by atoms with Crippen molar-refractivity contribution >= 4 is 16.6 Å². The van der Waals surface area contributed by atoms with Gasteiger partial charge in [-0.15, -0.1) is 0 Å². The first-order valence-electron chi connectivity index (χ1n) is 5.94. The molecular weight excluding hydrogens is 208 g/mol. The Morgan fingerprint density at radius 1 is 0.824 bits per heavy atom. The van der Waals surface area contributed by atoms with E-state index in [4.69, 9.17) is 0 Å². The number of fused-ring (bicyclic) bond motifs is 1. The van der Waals surface area contributed by atoms with E-state index in [0.717, 1.165) is 5.56 Å². The summed E-state index contributed by atoms with van der Waals surface area (Å²) < 4.78 is 0. The highest BCUT2D eigenvalue weighted by Gasteiger charge is 2.10. The fraction of sp³-hybridized carbons (Fsp3) is 0.312. The van der Waals surface area contributed by atoms with Crippen LogP contribution in [0, 0.1) is 27.7 Å². The molecule has 0 heterocycles. The van der Waals surface area contributed by atoms with Gasteiger partial charge >= 0.3 is 0 Å². The van der Waals surface area contributed by atoms with Crippen molar-refractivity contribution in [3.63, 3.8) is 0 Å². The zero-order chi connectivity index (χ0) is 12.7. The van der Waals surface area contributed by atoms with Crippen LogP contribution in [-0.4, -0.2) is 5.78 Å². The summed E-state index contributed by atoms with van der Waals surface area (Å²) in [5, 5.41) is 2.47. The van der Waals surface area contributed by atoms with Gasteiger partial charge in [0.15, 0.2) is 5.78 Å². The molecule has 0 atom stereocenters. The molecule has 0 aromatic heterocycles. The van der Waals surface area contributed by atoms with Crippen molar-refractivity contribution < 1.29 is 4.79 Å². The van der Waals surface area contributed by atoms with Crippen LogP contribution in [0.3, 0.4) is 0 Å². The molecule has 0 N–H and O–H groups in total. The maximum absolute atomic E-state index is 11.4. The van der Waals surface area contributed by atoms with Crippen molar-refractivity contribution in [3.8, 4) is 0 Å². The average molecular weight is 226 g/mol. The van der Waals surface area contributed by atoms with Crippen molar-refractivity contribution in [3.05, 3.63) is 46.0 Å². The lowest BCUT2D eigenvalue weighted by Gasteiger charge is -2.14. The highest BCUT2D eigenvalue weighted by molar-refractivity contribution is 6.00. The van der Waals surface area contributed by atoms with E-state index in [9.17, 15) is 4.79 Å². The predicted octanol–water partition coefficient (Wildman–Crippen LogP) is 4.28. The minimum atomic E-state index is 0.127. The minimum absolute atomic E-state index is 0.127. The molecule has 2 aromatic carbocycles. The second-order valence-electron chi connectivity index (χ2n) is 4.82. The summed E-state index contributed by atoms with van der Waals surface area (Å²) in [7, 11) is 0. The SMILES string of the molecule is CC(=O)c1ccc2c(C)c(C)c(C)c(C)c2c1. The monoisotopic (exact) mass is 226 g/mol. The molecular formula is C16H18O. The summed E-state index contributed by atoms with van der Waals surface area (Å²) in [6, 6.07) is 6.01. The van der Waals surface area contributed by atoms with Gasteiger partial charge in [-0.1, -0.05) is 12.1 Å².